The van der Waals surface area contributed by atoms with Crippen LogP contribution >= 0.6 is 0 Å². The minimum atomic E-state index is -0.773. The highest BCUT2D eigenvalue weighted by atomic mass is 16.6. The molecule has 7 heteroatoms. The first-order valence-corrected chi connectivity index (χ1v) is 7.18. The number of nitro groups is 1. The SMILES string of the molecule is CN(CC(O)COCc1ccccc1)c1ncccc1[N+](=O)[O-]. The molecule has 1 aromatic carbocycles. The second kappa shape index (κ2) is 8.21. The summed E-state index contributed by atoms with van der Waals surface area (Å²) in [6.45, 7) is 0.734. The van der Waals surface area contributed by atoms with Gasteiger partial charge in [0.1, 0.15) is 0 Å². The fourth-order valence-electron chi connectivity index (χ4n) is 2.17. The number of hydrogen-bond donors (Lipinski definition) is 1. The maximum atomic E-state index is 11.0. The summed E-state index contributed by atoms with van der Waals surface area (Å²) in [7, 11) is 1.65. The topological polar surface area (TPSA) is 88.7 Å². The van der Waals surface area contributed by atoms with Crippen LogP contribution in [0.25, 0.3) is 0 Å². The summed E-state index contributed by atoms with van der Waals surface area (Å²) < 4.78 is 5.46. The summed E-state index contributed by atoms with van der Waals surface area (Å²) in [6, 6.07) is 12.5. The van der Waals surface area contributed by atoms with E-state index in [9.17, 15) is 15.2 Å². The molecule has 7 nitrogen and oxygen atoms in total. The van der Waals surface area contributed by atoms with Crippen molar-refractivity contribution in [2.75, 3.05) is 25.1 Å². The largest absolute Gasteiger partial charge is 0.389 e. The number of ether oxygens (including phenoxy) is 1. The van der Waals surface area contributed by atoms with Crippen LogP contribution in [0.3, 0.4) is 0 Å². The normalized spacial score (nSPS) is 11.9. The molecule has 0 spiro atoms. The number of benzene rings is 1. The summed E-state index contributed by atoms with van der Waals surface area (Å²) in [5.41, 5.74) is 0.931. The van der Waals surface area contributed by atoms with Crippen LogP contribution in [-0.4, -0.2) is 41.3 Å². The number of pyridine rings is 1. The molecule has 0 bridgehead atoms. The van der Waals surface area contributed by atoms with Crippen LogP contribution < -0.4 is 4.90 Å². The maximum absolute atomic E-state index is 11.0. The Bertz CT molecular complexity index is 636. The van der Waals surface area contributed by atoms with Crippen LogP contribution in [0.5, 0.6) is 0 Å². The first kappa shape index (κ1) is 16.9. The highest BCUT2D eigenvalue weighted by Gasteiger charge is 2.19. The van der Waals surface area contributed by atoms with E-state index >= 15 is 0 Å². The summed E-state index contributed by atoms with van der Waals surface area (Å²) in [4.78, 5) is 16.1. The maximum Gasteiger partial charge on any atom is 0.311 e. The minimum absolute atomic E-state index is 0.0904. The number of rotatable bonds is 8. The number of nitrogens with zero attached hydrogens (tertiary/aromatic N) is 3. The molecule has 0 amide bonds. The van der Waals surface area contributed by atoms with Crippen molar-refractivity contribution in [2.45, 2.75) is 12.7 Å². The molecule has 1 unspecified atom stereocenters. The highest BCUT2D eigenvalue weighted by Crippen LogP contribution is 2.23. The molecule has 0 aliphatic carbocycles. The molecule has 1 aromatic heterocycles. The van der Waals surface area contributed by atoms with Crippen molar-refractivity contribution in [3.63, 3.8) is 0 Å². The van der Waals surface area contributed by atoms with Gasteiger partial charge in [-0.1, -0.05) is 30.3 Å². The number of aromatic nitrogens is 1. The number of anilines is 1. The van der Waals surface area contributed by atoms with Crippen LogP contribution in [0.15, 0.2) is 48.7 Å². The van der Waals surface area contributed by atoms with Crippen molar-refractivity contribution in [3.05, 3.63) is 64.3 Å². The average Bonchev–Trinajstić information content (AvgIpc) is 2.55. The summed E-state index contributed by atoms with van der Waals surface area (Å²) >= 11 is 0. The third kappa shape index (κ3) is 5.01. The van der Waals surface area contributed by atoms with Gasteiger partial charge in [-0.15, -0.1) is 0 Å². The number of likely N-dealkylation sites (N-methyl/N-ethyl adjacent to an activating group) is 1. The van der Waals surface area contributed by atoms with Gasteiger partial charge in [0.05, 0.1) is 24.2 Å². The van der Waals surface area contributed by atoms with E-state index in [1.54, 1.807) is 11.9 Å². The van der Waals surface area contributed by atoms with Crippen LogP contribution in [-0.2, 0) is 11.3 Å². The smallest absolute Gasteiger partial charge is 0.311 e. The van der Waals surface area contributed by atoms with Crippen molar-refractivity contribution in [1.82, 2.24) is 4.98 Å². The van der Waals surface area contributed by atoms with Crippen LogP contribution in [0.4, 0.5) is 11.5 Å². The molecular formula is C16H19N3O4. The molecule has 1 N–H and O–H groups in total. The van der Waals surface area contributed by atoms with Crippen molar-refractivity contribution in [2.24, 2.45) is 0 Å². The molecule has 122 valence electrons. The first-order chi connectivity index (χ1) is 11.1. The van der Waals surface area contributed by atoms with Crippen molar-refractivity contribution >= 4 is 11.5 Å². The Morgan fingerprint density at radius 2 is 2.04 bits per heavy atom. The van der Waals surface area contributed by atoms with E-state index in [2.05, 4.69) is 4.98 Å². The van der Waals surface area contributed by atoms with Gasteiger partial charge in [0.15, 0.2) is 0 Å². The fourth-order valence-corrected chi connectivity index (χ4v) is 2.17. The fraction of sp³-hybridized carbons (Fsp3) is 0.312. The number of hydrogen-bond acceptors (Lipinski definition) is 6. The predicted octanol–water partition coefficient (Wildman–Crippen LogP) is 2.00. The van der Waals surface area contributed by atoms with E-state index in [1.807, 2.05) is 30.3 Å². The lowest BCUT2D eigenvalue weighted by Crippen LogP contribution is -2.33. The lowest BCUT2D eigenvalue weighted by Gasteiger charge is -2.21. The Morgan fingerprint density at radius 3 is 2.74 bits per heavy atom. The molecule has 2 rings (SSSR count). The van der Waals surface area contributed by atoms with Gasteiger partial charge in [-0.25, -0.2) is 4.98 Å². The molecule has 0 fully saturated rings. The Balaban J connectivity index is 1.85. The molecule has 0 aliphatic rings. The van der Waals surface area contributed by atoms with Gasteiger partial charge >= 0.3 is 5.69 Å². The molecule has 1 atom stereocenters. The molecule has 23 heavy (non-hydrogen) atoms. The van der Waals surface area contributed by atoms with Gasteiger partial charge < -0.3 is 14.7 Å². The summed E-state index contributed by atoms with van der Waals surface area (Å²) in [6.07, 6.45) is 0.710. The Hall–Kier alpha value is -2.51. The summed E-state index contributed by atoms with van der Waals surface area (Å²) in [5.74, 6) is 0.222. The van der Waals surface area contributed by atoms with Crippen molar-refractivity contribution in [1.29, 1.82) is 0 Å². The molecule has 0 saturated heterocycles. The Morgan fingerprint density at radius 1 is 1.30 bits per heavy atom. The number of aliphatic hydroxyl groups is 1. The molecular weight excluding hydrogens is 298 g/mol. The lowest BCUT2D eigenvalue weighted by molar-refractivity contribution is -0.384. The first-order valence-electron chi connectivity index (χ1n) is 7.18. The predicted molar refractivity (Wildman–Crippen MR) is 86.3 cm³/mol. The molecule has 2 aromatic rings. The van der Waals surface area contributed by atoms with E-state index in [1.165, 1.54) is 18.3 Å². The van der Waals surface area contributed by atoms with E-state index in [-0.39, 0.29) is 24.7 Å². The lowest BCUT2D eigenvalue weighted by atomic mass is 10.2. The molecule has 0 radical (unpaired) electrons. The molecule has 1 heterocycles. The highest BCUT2D eigenvalue weighted by molar-refractivity contribution is 5.56. The van der Waals surface area contributed by atoms with Crippen LogP contribution in [0, 0.1) is 10.1 Å². The van der Waals surface area contributed by atoms with Gasteiger partial charge in [-0.2, -0.15) is 0 Å². The Kier molecular flexibility index (Phi) is 6.02. The summed E-state index contributed by atoms with van der Waals surface area (Å²) in [5, 5.41) is 21.0. The zero-order valence-corrected chi connectivity index (χ0v) is 12.8. The standard InChI is InChI=1S/C16H19N3O4/c1-18(16-15(19(21)22)8-5-9-17-16)10-14(20)12-23-11-13-6-3-2-4-7-13/h2-9,14,20H,10-12H2,1H3. The van der Waals surface area contributed by atoms with Gasteiger partial charge in [0, 0.05) is 25.9 Å². The van der Waals surface area contributed by atoms with Gasteiger partial charge in [0.25, 0.3) is 0 Å². The van der Waals surface area contributed by atoms with E-state index in [0.29, 0.717) is 6.61 Å². The Labute approximate surface area is 134 Å². The second-order valence-electron chi connectivity index (χ2n) is 5.14. The van der Waals surface area contributed by atoms with Crippen LogP contribution in [0.1, 0.15) is 5.56 Å². The van der Waals surface area contributed by atoms with E-state index in [4.69, 9.17) is 4.74 Å². The molecule has 0 aliphatic heterocycles. The quantitative estimate of drug-likeness (QED) is 0.592. The zero-order valence-electron chi connectivity index (χ0n) is 12.8. The van der Waals surface area contributed by atoms with E-state index in [0.717, 1.165) is 5.56 Å². The van der Waals surface area contributed by atoms with Crippen molar-refractivity contribution < 1.29 is 14.8 Å². The zero-order chi connectivity index (χ0) is 16.7. The average molecular weight is 317 g/mol. The minimum Gasteiger partial charge on any atom is -0.389 e. The van der Waals surface area contributed by atoms with Crippen molar-refractivity contribution in [3.8, 4) is 0 Å². The number of aliphatic hydroxyl groups excluding tert-OH is 1. The van der Waals surface area contributed by atoms with Gasteiger partial charge in [-0.3, -0.25) is 10.1 Å². The third-order valence-corrected chi connectivity index (χ3v) is 3.23. The molecule has 0 saturated carbocycles. The van der Waals surface area contributed by atoms with Gasteiger partial charge in [-0.05, 0) is 11.6 Å². The van der Waals surface area contributed by atoms with Crippen LogP contribution in [0.2, 0.25) is 0 Å². The van der Waals surface area contributed by atoms with Gasteiger partial charge in [0.2, 0.25) is 5.82 Å². The monoisotopic (exact) mass is 317 g/mol. The second-order valence-corrected chi connectivity index (χ2v) is 5.14. The third-order valence-electron chi connectivity index (χ3n) is 3.23. The van der Waals surface area contributed by atoms with E-state index < -0.39 is 11.0 Å².